The van der Waals surface area contributed by atoms with Crippen molar-refractivity contribution >= 4 is 16.7 Å². The molecule has 1 amide bonds. The molecule has 0 aromatic heterocycles. The van der Waals surface area contributed by atoms with Gasteiger partial charge in [-0.2, -0.15) is 0 Å². The second-order valence-electron chi connectivity index (χ2n) is 7.63. The second kappa shape index (κ2) is 7.17. The molecule has 132 valence electrons. The van der Waals surface area contributed by atoms with E-state index in [9.17, 15) is 4.79 Å². The normalized spacial score (nSPS) is 23.8. The van der Waals surface area contributed by atoms with Crippen molar-refractivity contribution in [3.05, 3.63) is 48.0 Å². The molecule has 2 fully saturated rings. The Hall–Kier alpha value is -1.87. The summed E-state index contributed by atoms with van der Waals surface area (Å²) in [6.45, 7) is 6.17. The van der Waals surface area contributed by atoms with E-state index in [4.69, 9.17) is 0 Å². The highest BCUT2D eigenvalue weighted by Crippen LogP contribution is 2.49. The Morgan fingerprint density at radius 1 is 1.12 bits per heavy atom. The number of nitrogens with one attached hydrogen (secondary N) is 1. The number of likely N-dealkylation sites (tertiary alicyclic amines) is 1. The molecule has 1 aliphatic heterocycles. The lowest BCUT2D eigenvalue weighted by molar-refractivity contribution is -0.134. The number of hydrogen-bond donors (Lipinski definition) is 1. The van der Waals surface area contributed by atoms with Gasteiger partial charge in [0.15, 0.2) is 0 Å². The molecular formula is C22H28N2O. The van der Waals surface area contributed by atoms with Crippen LogP contribution in [-0.2, 0) is 4.79 Å². The molecule has 1 aliphatic carbocycles. The van der Waals surface area contributed by atoms with Gasteiger partial charge in [-0.15, -0.1) is 0 Å². The van der Waals surface area contributed by atoms with Crippen molar-refractivity contribution in [2.75, 3.05) is 26.2 Å². The van der Waals surface area contributed by atoms with Crippen molar-refractivity contribution < 1.29 is 4.79 Å². The van der Waals surface area contributed by atoms with Crippen molar-refractivity contribution in [3.63, 3.8) is 0 Å². The van der Waals surface area contributed by atoms with E-state index in [2.05, 4.69) is 59.6 Å². The number of rotatable bonds is 5. The summed E-state index contributed by atoms with van der Waals surface area (Å²) in [5, 5.41) is 5.99. The number of nitrogens with zero attached hydrogens (tertiary/aromatic N) is 1. The zero-order valence-electron chi connectivity index (χ0n) is 15.1. The topological polar surface area (TPSA) is 32.3 Å². The number of amides is 1. The van der Waals surface area contributed by atoms with E-state index in [1.807, 2.05) is 0 Å². The van der Waals surface area contributed by atoms with Crippen LogP contribution in [0.3, 0.4) is 0 Å². The van der Waals surface area contributed by atoms with E-state index in [-0.39, 0.29) is 5.92 Å². The third-order valence-electron chi connectivity index (χ3n) is 5.92. The standard InChI is InChI=1S/C22H28N2O/c1-2-23-15-16-9-11-24(12-10-16)22(25)21-14-20(21)19-8-7-17-5-3-4-6-18(17)13-19/h3-8,13,16,20-21,23H,2,9-12,14-15H2,1H3. The van der Waals surface area contributed by atoms with Crippen LogP contribution < -0.4 is 5.32 Å². The molecule has 2 aliphatic rings. The Morgan fingerprint density at radius 3 is 2.64 bits per heavy atom. The Morgan fingerprint density at radius 2 is 1.88 bits per heavy atom. The third kappa shape index (κ3) is 3.57. The summed E-state index contributed by atoms with van der Waals surface area (Å²) < 4.78 is 0. The lowest BCUT2D eigenvalue weighted by Gasteiger charge is -2.32. The van der Waals surface area contributed by atoms with Gasteiger partial charge >= 0.3 is 0 Å². The predicted molar refractivity (Wildman–Crippen MR) is 103 cm³/mol. The smallest absolute Gasteiger partial charge is 0.226 e. The molecule has 0 spiro atoms. The van der Waals surface area contributed by atoms with Crippen LogP contribution in [0, 0.1) is 11.8 Å². The average molecular weight is 336 g/mol. The van der Waals surface area contributed by atoms with Gasteiger partial charge in [0.25, 0.3) is 0 Å². The fourth-order valence-corrected chi connectivity index (χ4v) is 4.22. The van der Waals surface area contributed by atoms with Crippen molar-refractivity contribution in [2.24, 2.45) is 11.8 Å². The SMILES string of the molecule is CCNCC1CCN(C(=O)C2CC2c2ccc3ccccc3c2)CC1. The van der Waals surface area contributed by atoms with Gasteiger partial charge in [0.05, 0.1) is 0 Å². The summed E-state index contributed by atoms with van der Waals surface area (Å²) in [6.07, 6.45) is 3.31. The van der Waals surface area contributed by atoms with E-state index in [1.165, 1.54) is 16.3 Å². The van der Waals surface area contributed by atoms with Crippen LogP contribution in [0.15, 0.2) is 42.5 Å². The Balaban J connectivity index is 1.35. The van der Waals surface area contributed by atoms with Crippen LogP contribution >= 0.6 is 0 Å². The molecule has 4 rings (SSSR count). The van der Waals surface area contributed by atoms with E-state index in [1.54, 1.807) is 0 Å². The first-order valence-electron chi connectivity index (χ1n) is 9.74. The fraction of sp³-hybridized carbons (Fsp3) is 0.500. The molecule has 0 radical (unpaired) electrons. The van der Waals surface area contributed by atoms with Gasteiger partial charge in [0.2, 0.25) is 5.91 Å². The third-order valence-corrected chi connectivity index (χ3v) is 5.92. The minimum absolute atomic E-state index is 0.214. The molecule has 1 saturated heterocycles. The van der Waals surface area contributed by atoms with Crippen molar-refractivity contribution in [1.29, 1.82) is 0 Å². The summed E-state index contributed by atoms with van der Waals surface area (Å²) in [7, 11) is 0. The maximum atomic E-state index is 12.8. The molecule has 25 heavy (non-hydrogen) atoms. The zero-order chi connectivity index (χ0) is 17.2. The van der Waals surface area contributed by atoms with E-state index < -0.39 is 0 Å². The number of fused-ring (bicyclic) bond motifs is 1. The molecule has 1 saturated carbocycles. The molecule has 3 heteroatoms. The summed E-state index contributed by atoms with van der Waals surface area (Å²) in [6, 6.07) is 15.1. The monoisotopic (exact) mass is 336 g/mol. The van der Waals surface area contributed by atoms with E-state index in [0.29, 0.717) is 11.8 Å². The van der Waals surface area contributed by atoms with E-state index >= 15 is 0 Å². The van der Waals surface area contributed by atoms with E-state index in [0.717, 1.165) is 51.4 Å². The molecule has 2 aromatic carbocycles. The van der Waals surface area contributed by atoms with Crippen LogP contribution in [0.2, 0.25) is 0 Å². The number of hydrogen-bond acceptors (Lipinski definition) is 2. The number of benzene rings is 2. The first kappa shape index (κ1) is 16.6. The van der Waals surface area contributed by atoms with Gasteiger partial charge in [0, 0.05) is 19.0 Å². The van der Waals surface area contributed by atoms with Crippen LogP contribution in [0.5, 0.6) is 0 Å². The first-order valence-corrected chi connectivity index (χ1v) is 9.74. The highest BCUT2D eigenvalue weighted by molar-refractivity contribution is 5.86. The Kier molecular flexibility index (Phi) is 4.76. The Bertz CT molecular complexity index is 749. The maximum Gasteiger partial charge on any atom is 0.226 e. The fourth-order valence-electron chi connectivity index (χ4n) is 4.22. The molecule has 0 bridgehead atoms. The van der Waals surface area contributed by atoms with Gasteiger partial charge in [-0.05, 0) is 60.5 Å². The molecule has 2 aromatic rings. The van der Waals surface area contributed by atoms with Gasteiger partial charge in [0.1, 0.15) is 0 Å². The van der Waals surface area contributed by atoms with Crippen molar-refractivity contribution in [1.82, 2.24) is 10.2 Å². The highest BCUT2D eigenvalue weighted by Gasteiger charge is 2.46. The van der Waals surface area contributed by atoms with Gasteiger partial charge in [-0.3, -0.25) is 4.79 Å². The largest absolute Gasteiger partial charge is 0.342 e. The lowest BCUT2D eigenvalue weighted by atomic mass is 9.96. The summed E-state index contributed by atoms with van der Waals surface area (Å²) in [5.41, 5.74) is 1.33. The van der Waals surface area contributed by atoms with Crippen molar-refractivity contribution in [3.8, 4) is 0 Å². The minimum Gasteiger partial charge on any atom is -0.342 e. The predicted octanol–water partition coefficient (Wildman–Crippen LogP) is 3.79. The molecule has 2 unspecified atom stereocenters. The number of piperidine rings is 1. The average Bonchev–Trinajstić information content (AvgIpc) is 3.46. The van der Waals surface area contributed by atoms with Crippen LogP contribution in [-0.4, -0.2) is 37.0 Å². The molecule has 3 nitrogen and oxygen atoms in total. The van der Waals surface area contributed by atoms with Crippen LogP contribution in [0.4, 0.5) is 0 Å². The van der Waals surface area contributed by atoms with Crippen LogP contribution in [0.1, 0.15) is 37.7 Å². The van der Waals surface area contributed by atoms with Gasteiger partial charge in [-0.25, -0.2) is 0 Å². The zero-order valence-corrected chi connectivity index (χ0v) is 15.1. The summed E-state index contributed by atoms with van der Waals surface area (Å²) in [5.74, 6) is 1.77. The lowest BCUT2D eigenvalue weighted by Crippen LogP contribution is -2.41. The summed E-state index contributed by atoms with van der Waals surface area (Å²) >= 11 is 0. The molecule has 2 atom stereocenters. The maximum absolute atomic E-state index is 12.8. The quantitative estimate of drug-likeness (QED) is 0.901. The molecule has 1 N–H and O–H groups in total. The minimum atomic E-state index is 0.214. The van der Waals surface area contributed by atoms with Crippen LogP contribution in [0.25, 0.3) is 10.8 Å². The molecule has 1 heterocycles. The second-order valence-corrected chi connectivity index (χ2v) is 7.63. The molecular weight excluding hydrogens is 308 g/mol. The number of carbonyl (C=O) groups excluding carboxylic acids is 1. The van der Waals surface area contributed by atoms with Crippen molar-refractivity contribution in [2.45, 2.75) is 32.1 Å². The first-order chi connectivity index (χ1) is 12.3. The number of carbonyl (C=O) groups is 1. The van der Waals surface area contributed by atoms with Gasteiger partial charge in [-0.1, -0.05) is 49.4 Å². The highest BCUT2D eigenvalue weighted by atomic mass is 16.2. The van der Waals surface area contributed by atoms with Gasteiger partial charge < -0.3 is 10.2 Å². The summed E-state index contributed by atoms with van der Waals surface area (Å²) in [4.78, 5) is 15.0. The Labute approximate surface area is 150 Å².